The highest BCUT2D eigenvalue weighted by Gasteiger charge is 2.24. The van der Waals surface area contributed by atoms with Crippen molar-refractivity contribution >= 4 is 50.5 Å². The Labute approximate surface area is 206 Å². The maximum atomic E-state index is 12.5. The lowest BCUT2D eigenvalue weighted by molar-refractivity contribution is -0.115. The van der Waals surface area contributed by atoms with E-state index < -0.39 is 0 Å². The molecule has 1 aliphatic heterocycles. The van der Waals surface area contributed by atoms with Crippen LogP contribution in [0, 0.1) is 6.92 Å². The first kappa shape index (κ1) is 23.1. The standard InChI is InChI=1S/C26H23BrN2O3S/c1-3-31-22-13-19(21(27)15-23(22)32-16-18-7-5-4-6-8-18)14-24-25(30)29-26(33-24)28-20-11-9-17(2)10-12-20/h4-15H,3,16H2,1-2H3,(H,28,29,30)/b24-14+. The SMILES string of the molecule is CCOc1cc(/C=C2/SC(=Nc3ccc(C)cc3)NC2=O)c(Br)cc1OCc1ccccc1. The number of thioether (sulfide) groups is 1. The van der Waals surface area contributed by atoms with Gasteiger partial charge in [0.25, 0.3) is 5.91 Å². The largest absolute Gasteiger partial charge is 0.490 e. The lowest BCUT2D eigenvalue weighted by atomic mass is 10.1. The van der Waals surface area contributed by atoms with Gasteiger partial charge in [0.05, 0.1) is 17.2 Å². The molecule has 1 saturated heterocycles. The molecule has 1 aliphatic rings. The minimum absolute atomic E-state index is 0.180. The second-order valence-electron chi connectivity index (χ2n) is 7.35. The topological polar surface area (TPSA) is 59.9 Å². The Balaban J connectivity index is 1.55. The molecular formula is C26H23BrN2O3S. The second-order valence-corrected chi connectivity index (χ2v) is 9.23. The molecular weight excluding hydrogens is 500 g/mol. The third-order valence-electron chi connectivity index (χ3n) is 4.80. The lowest BCUT2D eigenvalue weighted by Gasteiger charge is -2.14. The second kappa shape index (κ2) is 10.7. The molecule has 168 valence electrons. The molecule has 0 aromatic heterocycles. The van der Waals surface area contributed by atoms with Gasteiger partial charge in [0.1, 0.15) is 6.61 Å². The van der Waals surface area contributed by atoms with Gasteiger partial charge in [0, 0.05) is 4.47 Å². The molecule has 0 spiro atoms. The molecule has 3 aromatic rings. The molecule has 0 unspecified atom stereocenters. The number of amidine groups is 1. The summed E-state index contributed by atoms with van der Waals surface area (Å²) in [5, 5.41) is 3.39. The van der Waals surface area contributed by atoms with Crippen LogP contribution in [0.2, 0.25) is 0 Å². The maximum absolute atomic E-state index is 12.5. The molecule has 3 aromatic carbocycles. The number of nitrogens with one attached hydrogen (secondary N) is 1. The number of ether oxygens (including phenoxy) is 2. The van der Waals surface area contributed by atoms with Crippen molar-refractivity contribution in [3.63, 3.8) is 0 Å². The van der Waals surface area contributed by atoms with Gasteiger partial charge in [-0.2, -0.15) is 0 Å². The summed E-state index contributed by atoms with van der Waals surface area (Å²) in [6, 6.07) is 21.6. The molecule has 4 rings (SSSR count). The summed E-state index contributed by atoms with van der Waals surface area (Å²) in [4.78, 5) is 17.6. The third kappa shape index (κ3) is 6.06. The molecule has 0 aliphatic carbocycles. The number of rotatable bonds is 7. The van der Waals surface area contributed by atoms with Crippen LogP contribution in [0.3, 0.4) is 0 Å². The third-order valence-corrected chi connectivity index (χ3v) is 6.40. The zero-order chi connectivity index (χ0) is 23.2. The van der Waals surface area contributed by atoms with Crippen LogP contribution in [-0.2, 0) is 11.4 Å². The van der Waals surface area contributed by atoms with Crippen LogP contribution in [0.4, 0.5) is 5.69 Å². The Hall–Kier alpha value is -3.03. The first-order valence-electron chi connectivity index (χ1n) is 10.5. The quantitative estimate of drug-likeness (QED) is 0.354. The number of amides is 1. The molecule has 5 nitrogen and oxygen atoms in total. The Morgan fingerprint density at radius 2 is 1.76 bits per heavy atom. The van der Waals surface area contributed by atoms with Gasteiger partial charge in [0.15, 0.2) is 16.7 Å². The summed E-state index contributed by atoms with van der Waals surface area (Å²) in [6.07, 6.45) is 1.82. The minimum Gasteiger partial charge on any atom is -0.490 e. The summed E-state index contributed by atoms with van der Waals surface area (Å²) in [6.45, 7) is 4.89. The van der Waals surface area contributed by atoms with Crippen molar-refractivity contribution in [2.75, 3.05) is 6.61 Å². The van der Waals surface area contributed by atoms with Crippen LogP contribution < -0.4 is 14.8 Å². The van der Waals surface area contributed by atoms with Crippen LogP contribution in [0.5, 0.6) is 11.5 Å². The molecule has 1 heterocycles. The van der Waals surface area contributed by atoms with Crippen LogP contribution in [0.15, 0.2) is 81.1 Å². The fourth-order valence-electron chi connectivity index (χ4n) is 3.14. The number of aliphatic imine (C=N–C) groups is 1. The van der Waals surface area contributed by atoms with Gasteiger partial charge in [-0.1, -0.05) is 64.0 Å². The summed E-state index contributed by atoms with van der Waals surface area (Å²) >= 11 is 4.92. The van der Waals surface area contributed by atoms with E-state index in [-0.39, 0.29) is 5.91 Å². The first-order chi connectivity index (χ1) is 16.0. The average Bonchev–Trinajstić information content (AvgIpc) is 3.15. The van der Waals surface area contributed by atoms with Crippen molar-refractivity contribution in [1.29, 1.82) is 0 Å². The highest BCUT2D eigenvalue weighted by molar-refractivity contribution is 9.10. The van der Waals surface area contributed by atoms with Gasteiger partial charge in [-0.15, -0.1) is 0 Å². The highest BCUT2D eigenvalue weighted by atomic mass is 79.9. The summed E-state index contributed by atoms with van der Waals surface area (Å²) in [5.41, 5.74) is 3.85. The van der Waals surface area contributed by atoms with Gasteiger partial charge >= 0.3 is 0 Å². The lowest BCUT2D eigenvalue weighted by Crippen LogP contribution is -2.19. The van der Waals surface area contributed by atoms with E-state index in [1.54, 1.807) is 0 Å². The monoisotopic (exact) mass is 522 g/mol. The van der Waals surface area contributed by atoms with Crippen LogP contribution in [0.25, 0.3) is 6.08 Å². The van der Waals surface area contributed by atoms with Crippen LogP contribution in [0.1, 0.15) is 23.6 Å². The fourth-order valence-corrected chi connectivity index (χ4v) is 4.41. The van der Waals surface area contributed by atoms with E-state index >= 15 is 0 Å². The van der Waals surface area contributed by atoms with E-state index in [1.165, 1.54) is 11.8 Å². The zero-order valence-corrected chi connectivity index (χ0v) is 20.7. The van der Waals surface area contributed by atoms with E-state index in [2.05, 4.69) is 26.2 Å². The smallest absolute Gasteiger partial charge is 0.264 e. The molecule has 7 heteroatoms. The van der Waals surface area contributed by atoms with Crippen LogP contribution >= 0.6 is 27.7 Å². The normalized spacial score (nSPS) is 15.7. The molecule has 0 bridgehead atoms. The van der Waals surface area contributed by atoms with Crippen molar-refractivity contribution in [1.82, 2.24) is 5.32 Å². The molecule has 0 saturated carbocycles. The van der Waals surface area contributed by atoms with E-state index in [9.17, 15) is 4.79 Å². The van der Waals surface area contributed by atoms with Gasteiger partial charge in [0.2, 0.25) is 0 Å². The van der Waals surface area contributed by atoms with Crippen molar-refractivity contribution in [3.05, 3.63) is 92.8 Å². The average molecular weight is 523 g/mol. The summed E-state index contributed by atoms with van der Waals surface area (Å²) in [7, 11) is 0. The number of aryl methyl sites for hydroxylation is 1. The predicted octanol–water partition coefficient (Wildman–Crippen LogP) is 6.63. The van der Waals surface area contributed by atoms with Gasteiger partial charge in [-0.05, 0) is 67.1 Å². The maximum Gasteiger partial charge on any atom is 0.264 e. The molecule has 1 amide bonds. The molecule has 0 atom stereocenters. The number of carbonyl (C=O) groups excluding carboxylic acids is 1. The molecule has 1 fully saturated rings. The number of nitrogens with zero attached hydrogens (tertiary/aromatic N) is 1. The Bertz CT molecular complexity index is 1210. The predicted molar refractivity (Wildman–Crippen MR) is 138 cm³/mol. The highest BCUT2D eigenvalue weighted by Crippen LogP contribution is 2.37. The summed E-state index contributed by atoms with van der Waals surface area (Å²) < 4.78 is 12.6. The van der Waals surface area contributed by atoms with Gasteiger partial charge < -0.3 is 14.8 Å². The minimum atomic E-state index is -0.180. The molecule has 1 N–H and O–H groups in total. The van der Waals surface area contributed by atoms with Gasteiger partial charge in [-0.3, -0.25) is 4.79 Å². The molecule has 0 radical (unpaired) electrons. The van der Waals surface area contributed by atoms with Crippen molar-refractivity contribution in [3.8, 4) is 11.5 Å². The van der Waals surface area contributed by atoms with E-state index in [1.807, 2.05) is 86.7 Å². The zero-order valence-electron chi connectivity index (χ0n) is 18.3. The fraction of sp³-hybridized carbons (Fsp3) is 0.154. The van der Waals surface area contributed by atoms with E-state index in [0.717, 1.165) is 26.9 Å². The summed E-state index contributed by atoms with van der Waals surface area (Å²) in [5.74, 6) is 1.08. The van der Waals surface area contributed by atoms with E-state index in [4.69, 9.17) is 9.47 Å². The number of carbonyl (C=O) groups is 1. The Morgan fingerprint density at radius 1 is 1.03 bits per heavy atom. The number of halogens is 1. The van der Waals surface area contributed by atoms with Crippen LogP contribution in [-0.4, -0.2) is 17.7 Å². The number of benzene rings is 3. The van der Waals surface area contributed by atoms with Crippen molar-refractivity contribution < 1.29 is 14.3 Å². The number of hydrogen-bond acceptors (Lipinski definition) is 5. The Kier molecular flexibility index (Phi) is 7.52. The molecule has 33 heavy (non-hydrogen) atoms. The number of hydrogen-bond donors (Lipinski definition) is 1. The van der Waals surface area contributed by atoms with E-state index in [0.29, 0.717) is 34.8 Å². The van der Waals surface area contributed by atoms with Crippen molar-refractivity contribution in [2.24, 2.45) is 4.99 Å². The van der Waals surface area contributed by atoms with Gasteiger partial charge in [-0.25, -0.2) is 4.99 Å². The van der Waals surface area contributed by atoms with Crippen molar-refractivity contribution in [2.45, 2.75) is 20.5 Å². The first-order valence-corrected chi connectivity index (χ1v) is 12.1. The Morgan fingerprint density at radius 3 is 2.48 bits per heavy atom.